The first-order valence-electron chi connectivity index (χ1n) is 5.72. The summed E-state index contributed by atoms with van der Waals surface area (Å²) in [5.41, 5.74) is 3.33. The zero-order chi connectivity index (χ0) is 12.1. The molecule has 0 aliphatic heterocycles. The Morgan fingerprint density at radius 2 is 2.06 bits per heavy atom. The topological polar surface area (TPSA) is 50.7 Å². The van der Waals surface area contributed by atoms with Crippen molar-refractivity contribution >= 4 is 0 Å². The molecular weight excluding hydrogens is 212 g/mol. The largest absolute Gasteiger partial charge is 0.308 e. The summed E-state index contributed by atoms with van der Waals surface area (Å²) in [7, 11) is 1.92. The maximum atomic E-state index is 4.48. The third-order valence-corrected chi connectivity index (χ3v) is 2.78. The summed E-state index contributed by atoms with van der Waals surface area (Å²) in [4.78, 5) is 12.6. The van der Waals surface area contributed by atoms with Crippen LogP contribution >= 0.6 is 0 Å². The molecule has 4 nitrogen and oxygen atoms in total. The highest BCUT2D eigenvalue weighted by molar-refractivity contribution is 5.30. The second kappa shape index (κ2) is 5.50. The van der Waals surface area contributed by atoms with E-state index < -0.39 is 0 Å². The molecule has 2 aromatic rings. The maximum absolute atomic E-state index is 4.48. The van der Waals surface area contributed by atoms with E-state index in [9.17, 15) is 0 Å². The normalized spacial score (nSPS) is 12.4. The summed E-state index contributed by atoms with van der Waals surface area (Å²) < 4.78 is 0. The minimum absolute atomic E-state index is 0.0485. The van der Waals surface area contributed by atoms with Crippen molar-refractivity contribution in [2.45, 2.75) is 19.4 Å². The highest BCUT2D eigenvalue weighted by Gasteiger charge is 2.16. The van der Waals surface area contributed by atoms with Gasteiger partial charge in [0.15, 0.2) is 0 Å². The van der Waals surface area contributed by atoms with Crippen LogP contribution in [-0.4, -0.2) is 22.0 Å². The molecule has 0 spiro atoms. The third-order valence-electron chi connectivity index (χ3n) is 2.78. The number of rotatable bonds is 4. The first-order chi connectivity index (χ1) is 8.36. The summed E-state index contributed by atoms with van der Waals surface area (Å²) >= 11 is 0. The molecule has 1 unspecified atom stereocenters. The van der Waals surface area contributed by atoms with Crippen molar-refractivity contribution in [2.75, 3.05) is 7.05 Å². The Bertz CT molecular complexity index is 470. The standard InChI is InChI=1S/C13H16N4/c1-3-10-5-4-6-17-13(10)12(14-2)11-7-15-9-16-8-11/h4-9,12,14H,3H2,1-2H3. The fourth-order valence-corrected chi connectivity index (χ4v) is 1.93. The van der Waals surface area contributed by atoms with Gasteiger partial charge in [-0.25, -0.2) is 9.97 Å². The number of nitrogens with one attached hydrogen (secondary N) is 1. The summed E-state index contributed by atoms with van der Waals surface area (Å²) in [6, 6.07) is 4.12. The lowest BCUT2D eigenvalue weighted by atomic mass is 10.0. The highest BCUT2D eigenvalue weighted by Crippen LogP contribution is 2.21. The van der Waals surface area contributed by atoms with Gasteiger partial charge >= 0.3 is 0 Å². The van der Waals surface area contributed by atoms with Gasteiger partial charge in [0.1, 0.15) is 6.33 Å². The molecule has 4 heteroatoms. The molecule has 0 fully saturated rings. The van der Waals surface area contributed by atoms with Crippen LogP contribution in [-0.2, 0) is 6.42 Å². The molecule has 2 rings (SSSR count). The number of hydrogen-bond acceptors (Lipinski definition) is 4. The molecule has 0 aliphatic carbocycles. The predicted molar refractivity (Wildman–Crippen MR) is 66.5 cm³/mol. The number of aromatic nitrogens is 3. The Balaban J connectivity index is 2.42. The summed E-state index contributed by atoms with van der Waals surface area (Å²) in [6.45, 7) is 2.13. The Morgan fingerprint density at radius 1 is 1.29 bits per heavy atom. The molecule has 0 radical (unpaired) electrons. The molecule has 0 saturated heterocycles. The lowest BCUT2D eigenvalue weighted by Crippen LogP contribution is -2.20. The summed E-state index contributed by atoms with van der Waals surface area (Å²) in [5, 5.41) is 3.27. The molecule has 0 bridgehead atoms. The first kappa shape index (κ1) is 11.7. The van der Waals surface area contributed by atoms with Crippen LogP contribution in [0.3, 0.4) is 0 Å². The van der Waals surface area contributed by atoms with Crippen molar-refractivity contribution in [3.8, 4) is 0 Å². The monoisotopic (exact) mass is 228 g/mol. The molecule has 0 aromatic carbocycles. The van der Waals surface area contributed by atoms with Gasteiger partial charge in [0, 0.05) is 24.2 Å². The molecule has 2 aromatic heterocycles. The number of pyridine rings is 1. The highest BCUT2D eigenvalue weighted by atomic mass is 14.9. The van der Waals surface area contributed by atoms with Crippen molar-refractivity contribution in [1.29, 1.82) is 0 Å². The van der Waals surface area contributed by atoms with Crippen LogP contribution < -0.4 is 5.32 Å². The van der Waals surface area contributed by atoms with E-state index in [0.29, 0.717) is 0 Å². The van der Waals surface area contributed by atoms with Gasteiger partial charge in [-0.05, 0) is 25.1 Å². The minimum atomic E-state index is 0.0485. The number of nitrogens with zero attached hydrogens (tertiary/aromatic N) is 3. The van der Waals surface area contributed by atoms with E-state index in [1.54, 1.807) is 0 Å². The van der Waals surface area contributed by atoms with Crippen LogP contribution in [0.2, 0.25) is 0 Å². The van der Waals surface area contributed by atoms with Crippen molar-refractivity contribution in [3.63, 3.8) is 0 Å². The third kappa shape index (κ3) is 2.47. The van der Waals surface area contributed by atoms with Crippen LogP contribution in [0.1, 0.15) is 29.8 Å². The predicted octanol–water partition coefficient (Wildman–Crippen LogP) is 1.74. The van der Waals surface area contributed by atoms with Crippen LogP contribution in [0.5, 0.6) is 0 Å². The molecule has 1 atom stereocenters. The van der Waals surface area contributed by atoms with Crippen LogP contribution in [0.4, 0.5) is 0 Å². The van der Waals surface area contributed by atoms with Gasteiger partial charge in [0.25, 0.3) is 0 Å². The first-order valence-corrected chi connectivity index (χ1v) is 5.72. The molecule has 2 heterocycles. The summed E-state index contributed by atoms with van der Waals surface area (Å²) in [6.07, 6.45) is 7.97. The van der Waals surface area contributed by atoms with E-state index in [1.165, 1.54) is 11.9 Å². The van der Waals surface area contributed by atoms with E-state index in [1.807, 2.05) is 31.7 Å². The van der Waals surface area contributed by atoms with E-state index in [4.69, 9.17) is 0 Å². The lowest BCUT2D eigenvalue weighted by Gasteiger charge is -2.18. The van der Waals surface area contributed by atoms with Crippen molar-refractivity contribution < 1.29 is 0 Å². The van der Waals surface area contributed by atoms with Crippen molar-refractivity contribution in [1.82, 2.24) is 20.3 Å². The zero-order valence-electron chi connectivity index (χ0n) is 10.1. The van der Waals surface area contributed by atoms with Gasteiger partial charge < -0.3 is 5.32 Å². The number of hydrogen-bond donors (Lipinski definition) is 1. The fourth-order valence-electron chi connectivity index (χ4n) is 1.93. The SMILES string of the molecule is CCc1cccnc1C(NC)c1cncnc1. The fraction of sp³-hybridized carbons (Fsp3) is 0.308. The second-order valence-corrected chi connectivity index (χ2v) is 3.79. The lowest BCUT2D eigenvalue weighted by molar-refractivity contribution is 0.656. The molecule has 1 N–H and O–H groups in total. The minimum Gasteiger partial charge on any atom is -0.308 e. The van der Waals surface area contributed by atoms with Crippen molar-refractivity contribution in [2.24, 2.45) is 0 Å². The van der Waals surface area contributed by atoms with Crippen LogP contribution in [0.15, 0.2) is 37.1 Å². The molecular formula is C13H16N4. The van der Waals surface area contributed by atoms with Gasteiger partial charge in [-0.1, -0.05) is 13.0 Å². The zero-order valence-corrected chi connectivity index (χ0v) is 10.1. The second-order valence-electron chi connectivity index (χ2n) is 3.79. The Labute approximate surface area is 101 Å². The average molecular weight is 228 g/mol. The molecule has 88 valence electrons. The van der Waals surface area contributed by atoms with Crippen molar-refractivity contribution in [3.05, 3.63) is 53.9 Å². The van der Waals surface area contributed by atoms with Gasteiger partial charge in [0.2, 0.25) is 0 Å². The van der Waals surface area contributed by atoms with Crippen LogP contribution in [0, 0.1) is 0 Å². The average Bonchev–Trinajstić information content (AvgIpc) is 2.41. The van der Waals surface area contributed by atoms with E-state index in [0.717, 1.165) is 17.7 Å². The van der Waals surface area contributed by atoms with E-state index >= 15 is 0 Å². The van der Waals surface area contributed by atoms with E-state index in [2.05, 4.69) is 33.3 Å². The quantitative estimate of drug-likeness (QED) is 0.866. The Kier molecular flexibility index (Phi) is 3.77. The molecule has 0 aliphatic rings. The molecule has 0 amide bonds. The Hall–Kier alpha value is -1.81. The maximum Gasteiger partial charge on any atom is 0.115 e. The molecule has 0 saturated carbocycles. The molecule has 17 heavy (non-hydrogen) atoms. The van der Waals surface area contributed by atoms with Gasteiger partial charge in [-0.2, -0.15) is 0 Å². The smallest absolute Gasteiger partial charge is 0.115 e. The van der Waals surface area contributed by atoms with Crippen LogP contribution in [0.25, 0.3) is 0 Å². The van der Waals surface area contributed by atoms with E-state index in [-0.39, 0.29) is 6.04 Å². The van der Waals surface area contributed by atoms with Gasteiger partial charge in [-0.3, -0.25) is 4.98 Å². The van der Waals surface area contributed by atoms with Gasteiger partial charge in [-0.15, -0.1) is 0 Å². The van der Waals surface area contributed by atoms with Gasteiger partial charge in [0.05, 0.1) is 11.7 Å². The summed E-state index contributed by atoms with van der Waals surface area (Å²) in [5.74, 6) is 0. The Morgan fingerprint density at radius 3 is 2.71 bits per heavy atom. The number of aryl methyl sites for hydroxylation is 1.